The van der Waals surface area contributed by atoms with Gasteiger partial charge in [-0.3, -0.25) is 0 Å². The van der Waals surface area contributed by atoms with Crippen LogP contribution >= 0.6 is 0 Å². The van der Waals surface area contributed by atoms with Crippen molar-refractivity contribution in [3.8, 4) is 22.9 Å². The zero-order valence-corrected chi connectivity index (χ0v) is 11.3. The van der Waals surface area contributed by atoms with Crippen LogP contribution in [-0.2, 0) is 0 Å². The molecule has 0 unspecified atom stereocenters. The predicted molar refractivity (Wildman–Crippen MR) is 71.6 cm³/mol. The summed E-state index contributed by atoms with van der Waals surface area (Å²) in [4.78, 5) is 4.28. The summed E-state index contributed by atoms with van der Waals surface area (Å²) in [7, 11) is 3.17. The first-order valence-corrected chi connectivity index (χ1v) is 6.09. The minimum absolute atomic E-state index is 0.404. The number of aromatic nitrogens is 2. The van der Waals surface area contributed by atoms with Gasteiger partial charge in [-0.25, -0.2) is 0 Å². The molecular formula is C13H17N3O3. The van der Waals surface area contributed by atoms with E-state index in [4.69, 9.17) is 14.0 Å². The molecule has 0 amide bonds. The summed E-state index contributed by atoms with van der Waals surface area (Å²) in [6.45, 7) is 2.85. The number of rotatable bonds is 6. The predicted octanol–water partition coefficient (Wildman–Crippen LogP) is 2.58. The Hall–Kier alpha value is -2.24. The Labute approximate surface area is 111 Å². The summed E-state index contributed by atoms with van der Waals surface area (Å²) < 4.78 is 15.7. The molecule has 0 aliphatic rings. The van der Waals surface area contributed by atoms with E-state index in [0.717, 1.165) is 18.5 Å². The average molecular weight is 263 g/mol. The van der Waals surface area contributed by atoms with Gasteiger partial charge in [-0.1, -0.05) is 18.1 Å². The molecule has 0 saturated carbocycles. The zero-order chi connectivity index (χ0) is 13.7. The maximum Gasteiger partial charge on any atom is 0.321 e. The largest absolute Gasteiger partial charge is 0.493 e. The molecule has 0 fully saturated rings. The van der Waals surface area contributed by atoms with Crippen molar-refractivity contribution >= 4 is 6.01 Å². The molecule has 0 saturated heterocycles. The molecule has 1 aromatic heterocycles. The van der Waals surface area contributed by atoms with E-state index in [9.17, 15) is 0 Å². The molecule has 6 nitrogen and oxygen atoms in total. The Kier molecular flexibility index (Phi) is 4.22. The first kappa shape index (κ1) is 13.2. The fraction of sp³-hybridized carbons (Fsp3) is 0.385. The molecule has 0 bridgehead atoms. The highest BCUT2D eigenvalue weighted by atomic mass is 16.5. The summed E-state index contributed by atoms with van der Waals surface area (Å²) in [6, 6.07) is 5.93. The zero-order valence-electron chi connectivity index (χ0n) is 11.3. The van der Waals surface area contributed by atoms with Crippen LogP contribution in [0.3, 0.4) is 0 Å². The molecule has 2 rings (SSSR count). The van der Waals surface area contributed by atoms with Crippen LogP contribution in [0.2, 0.25) is 0 Å². The molecule has 0 aliphatic carbocycles. The second-order valence-corrected chi connectivity index (χ2v) is 3.89. The van der Waals surface area contributed by atoms with Crippen LogP contribution in [0.1, 0.15) is 13.3 Å². The highest BCUT2D eigenvalue weighted by molar-refractivity contribution is 5.68. The van der Waals surface area contributed by atoms with Gasteiger partial charge in [-0.2, -0.15) is 4.98 Å². The highest BCUT2D eigenvalue weighted by Gasteiger charge is 2.16. The minimum atomic E-state index is 0.404. The van der Waals surface area contributed by atoms with Crippen molar-refractivity contribution in [2.24, 2.45) is 0 Å². The number of nitrogens with zero attached hydrogens (tertiary/aromatic N) is 2. The Morgan fingerprint density at radius 3 is 2.79 bits per heavy atom. The van der Waals surface area contributed by atoms with Crippen molar-refractivity contribution in [1.29, 1.82) is 0 Å². The summed E-state index contributed by atoms with van der Waals surface area (Å²) in [5, 5.41) is 6.98. The summed E-state index contributed by atoms with van der Waals surface area (Å²) >= 11 is 0. The van der Waals surface area contributed by atoms with Gasteiger partial charge in [0.2, 0.25) is 5.82 Å². The number of hydrogen-bond donors (Lipinski definition) is 1. The van der Waals surface area contributed by atoms with Crippen molar-refractivity contribution in [3.05, 3.63) is 18.2 Å². The van der Waals surface area contributed by atoms with E-state index in [-0.39, 0.29) is 0 Å². The molecule has 1 aromatic carbocycles. The van der Waals surface area contributed by atoms with Gasteiger partial charge in [0, 0.05) is 6.54 Å². The minimum Gasteiger partial charge on any atom is -0.493 e. The standard InChI is InChI=1S/C13H17N3O3/c1-4-8-14-13-15-12(16-19-13)9-6-5-7-10(17-2)11(9)18-3/h5-7H,4,8H2,1-3H3,(H,14,15,16). The lowest BCUT2D eigenvalue weighted by molar-refractivity contribution is 0.355. The fourth-order valence-electron chi connectivity index (χ4n) is 1.70. The van der Waals surface area contributed by atoms with Gasteiger partial charge in [-0.15, -0.1) is 0 Å². The number of methoxy groups -OCH3 is 2. The molecule has 1 N–H and O–H groups in total. The van der Waals surface area contributed by atoms with Crippen LogP contribution in [0.5, 0.6) is 11.5 Å². The summed E-state index contributed by atoms with van der Waals surface area (Å²) in [5.41, 5.74) is 0.732. The quantitative estimate of drug-likeness (QED) is 0.863. The first-order chi connectivity index (χ1) is 9.30. The lowest BCUT2D eigenvalue weighted by atomic mass is 10.2. The number of hydrogen-bond acceptors (Lipinski definition) is 6. The Morgan fingerprint density at radius 1 is 1.26 bits per heavy atom. The number of para-hydroxylation sites is 1. The van der Waals surface area contributed by atoms with E-state index in [1.54, 1.807) is 14.2 Å². The van der Waals surface area contributed by atoms with Crippen LogP contribution < -0.4 is 14.8 Å². The van der Waals surface area contributed by atoms with E-state index in [1.807, 2.05) is 18.2 Å². The smallest absolute Gasteiger partial charge is 0.321 e. The third-order valence-corrected chi connectivity index (χ3v) is 2.60. The van der Waals surface area contributed by atoms with Gasteiger partial charge >= 0.3 is 6.01 Å². The number of benzene rings is 1. The third-order valence-electron chi connectivity index (χ3n) is 2.60. The fourth-order valence-corrected chi connectivity index (χ4v) is 1.70. The SMILES string of the molecule is CCCNc1nc(-c2cccc(OC)c2OC)no1. The van der Waals surface area contributed by atoms with Crippen molar-refractivity contribution in [2.45, 2.75) is 13.3 Å². The monoisotopic (exact) mass is 263 g/mol. The topological polar surface area (TPSA) is 69.4 Å². The van der Waals surface area contributed by atoms with Gasteiger partial charge in [0.05, 0.1) is 19.8 Å². The van der Waals surface area contributed by atoms with Crippen LogP contribution in [0.4, 0.5) is 6.01 Å². The summed E-state index contributed by atoms with van der Waals surface area (Å²) in [6.07, 6.45) is 0.986. The van der Waals surface area contributed by atoms with Crippen molar-refractivity contribution < 1.29 is 14.0 Å². The summed E-state index contributed by atoms with van der Waals surface area (Å²) in [5.74, 6) is 1.69. The van der Waals surface area contributed by atoms with E-state index < -0.39 is 0 Å². The lowest BCUT2D eigenvalue weighted by Crippen LogP contribution is -1.99. The third kappa shape index (κ3) is 2.78. The second kappa shape index (κ2) is 6.08. The van der Waals surface area contributed by atoms with Crippen LogP contribution in [-0.4, -0.2) is 30.9 Å². The van der Waals surface area contributed by atoms with Crippen molar-refractivity contribution in [1.82, 2.24) is 10.1 Å². The number of nitrogens with one attached hydrogen (secondary N) is 1. The van der Waals surface area contributed by atoms with Crippen LogP contribution in [0, 0.1) is 0 Å². The average Bonchev–Trinajstić information content (AvgIpc) is 2.92. The second-order valence-electron chi connectivity index (χ2n) is 3.89. The van der Waals surface area contributed by atoms with Crippen LogP contribution in [0.25, 0.3) is 11.4 Å². The molecule has 19 heavy (non-hydrogen) atoms. The van der Waals surface area contributed by atoms with Crippen molar-refractivity contribution in [3.63, 3.8) is 0 Å². The van der Waals surface area contributed by atoms with Gasteiger partial charge < -0.3 is 19.3 Å². The Balaban J connectivity index is 2.33. The molecule has 0 aliphatic heterocycles. The number of ether oxygens (including phenoxy) is 2. The van der Waals surface area contributed by atoms with Crippen LogP contribution in [0.15, 0.2) is 22.7 Å². The first-order valence-electron chi connectivity index (χ1n) is 6.09. The van der Waals surface area contributed by atoms with Gasteiger partial charge in [0.15, 0.2) is 11.5 Å². The van der Waals surface area contributed by atoms with Gasteiger partial charge in [-0.05, 0) is 18.6 Å². The van der Waals surface area contributed by atoms with E-state index in [2.05, 4.69) is 22.4 Å². The molecule has 0 radical (unpaired) electrons. The molecule has 2 aromatic rings. The molecule has 0 spiro atoms. The van der Waals surface area contributed by atoms with E-state index in [0.29, 0.717) is 23.3 Å². The Morgan fingerprint density at radius 2 is 2.11 bits per heavy atom. The molecule has 0 atom stereocenters. The Bertz CT molecular complexity index is 540. The van der Waals surface area contributed by atoms with E-state index in [1.165, 1.54) is 0 Å². The molecule has 102 valence electrons. The molecule has 6 heteroatoms. The lowest BCUT2D eigenvalue weighted by Gasteiger charge is -2.09. The maximum atomic E-state index is 5.35. The van der Waals surface area contributed by atoms with E-state index >= 15 is 0 Å². The van der Waals surface area contributed by atoms with Gasteiger partial charge in [0.25, 0.3) is 0 Å². The van der Waals surface area contributed by atoms with Crippen molar-refractivity contribution in [2.75, 3.05) is 26.1 Å². The maximum absolute atomic E-state index is 5.35. The molecular weight excluding hydrogens is 246 g/mol. The van der Waals surface area contributed by atoms with Gasteiger partial charge in [0.1, 0.15) is 0 Å². The number of anilines is 1. The normalized spacial score (nSPS) is 10.3. The molecule has 1 heterocycles. The highest BCUT2D eigenvalue weighted by Crippen LogP contribution is 2.36.